The highest BCUT2D eigenvalue weighted by Crippen LogP contribution is 2.31. The fraction of sp³-hybridized carbons (Fsp3) is 0.526. The summed E-state index contributed by atoms with van der Waals surface area (Å²) in [5.41, 5.74) is 0.621. The Morgan fingerprint density at radius 1 is 1.23 bits per heavy atom. The van der Waals surface area contributed by atoms with Crippen LogP contribution in [0.1, 0.15) is 30.9 Å². The first kappa shape index (κ1) is 20.3. The SMILES string of the molecule is C=C(CCCN1CCN(C(=O)NCC)CC1)c1cccc(C(F)(F)F)c1. The second-order valence-corrected chi connectivity index (χ2v) is 6.45. The lowest BCUT2D eigenvalue weighted by molar-refractivity contribution is -0.137. The lowest BCUT2D eigenvalue weighted by Gasteiger charge is -2.34. The first-order chi connectivity index (χ1) is 12.3. The smallest absolute Gasteiger partial charge is 0.338 e. The Kier molecular flexibility index (Phi) is 7.08. The topological polar surface area (TPSA) is 35.6 Å². The van der Waals surface area contributed by atoms with Gasteiger partial charge in [0, 0.05) is 32.7 Å². The van der Waals surface area contributed by atoms with E-state index in [0.29, 0.717) is 31.6 Å². The maximum Gasteiger partial charge on any atom is 0.416 e. The predicted molar refractivity (Wildman–Crippen MR) is 96.8 cm³/mol. The molecule has 0 spiro atoms. The molecular weight excluding hydrogens is 343 g/mol. The minimum absolute atomic E-state index is 0.0231. The molecular formula is C19H26F3N3O. The van der Waals surface area contributed by atoms with Crippen LogP contribution in [0, 0.1) is 0 Å². The predicted octanol–water partition coefficient (Wildman–Crippen LogP) is 3.85. The van der Waals surface area contributed by atoms with E-state index in [9.17, 15) is 18.0 Å². The van der Waals surface area contributed by atoms with Crippen LogP contribution in [0.3, 0.4) is 0 Å². The Balaban J connectivity index is 1.75. The van der Waals surface area contributed by atoms with Crippen molar-refractivity contribution in [3.05, 3.63) is 42.0 Å². The van der Waals surface area contributed by atoms with Crippen molar-refractivity contribution in [2.24, 2.45) is 0 Å². The molecule has 0 saturated carbocycles. The number of halogens is 3. The lowest BCUT2D eigenvalue weighted by atomic mass is 10.0. The quantitative estimate of drug-likeness (QED) is 0.827. The molecule has 1 saturated heterocycles. The average Bonchev–Trinajstić information content (AvgIpc) is 2.62. The summed E-state index contributed by atoms with van der Waals surface area (Å²) >= 11 is 0. The zero-order valence-corrected chi connectivity index (χ0v) is 15.1. The van der Waals surface area contributed by atoms with Gasteiger partial charge in [-0.1, -0.05) is 18.7 Å². The normalized spacial score (nSPS) is 15.8. The molecule has 1 N–H and O–H groups in total. The van der Waals surface area contributed by atoms with E-state index in [2.05, 4.69) is 16.8 Å². The summed E-state index contributed by atoms with van der Waals surface area (Å²) in [6.07, 6.45) is -2.85. The second-order valence-electron chi connectivity index (χ2n) is 6.45. The molecule has 1 heterocycles. The van der Waals surface area contributed by atoms with E-state index in [1.165, 1.54) is 6.07 Å². The van der Waals surface area contributed by atoms with Crippen LogP contribution in [0.25, 0.3) is 5.57 Å². The summed E-state index contributed by atoms with van der Waals surface area (Å²) in [7, 11) is 0. The van der Waals surface area contributed by atoms with Crippen molar-refractivity contribution in [3.8, 4) is 0 Å². The van der Waals surface area contributed by atoms with Crippen molar-refractivity contribution in [1.82, 2.24) is 15.1 Å². The van der Waals surface area contributed by atoms with Gasteiger partial charge >= 0.3 is 12.2 Å². The van der Waals surface area contributed by atoms with E-state index in [0.717, 1.165) is 43.8 Å². The van der Waals surface area contributed by atoms with Crippen molar-refractivity contribution in [2.75, 3.05) is 39.3 Å². The molecule has 1 fully saturated rings. The number of hydrogen-bond donors (Lipinski definition) is 1. The molecule has 1 aromatic carbocycles. The minimum Gasteiger partial charge on any atom is -0.338 e. The van der Waals surface area contributed by atoms with Gasteiger partial charge in [-0.15, -0.1) is 0 Å². The number of piperazine rings is 1. The van der Waals surface area contributed by atoms with E-state index < -0.39 is 11.7 Å². The molecule has 4 nitrogen and oxygen atoms in total. The Morgan fingerprint density at radius 2 is 1.92 bits per heavy atom. The zero-order valence-electron chi connectivity index (χ0n) is 15.1. The molecule has 0 aliphatic carbocycles. The molecule has 0 bridgehead atoms. The number of amides is 2. The minimum atomic E-state index is -4.33. The highest BCUT2D eigenvalue weighted by atomic mass is 19.4. The van der Waals surface area contributed by atoms with Crippen molar-refractivity contribution in [2.45, 2.75) is 25.9 Å². The van der Waals surface area contributed by atoms with Crippen LogP contribution in [0.2, 0.25) is 0 Å². The van der Waals surface area contributed by atoms with E-state index >= 15 is 0 Å². The Bertz CT molecular complexity index is 623. The fourth-order valence-corrected chi connectivity index (χ4v) is 3.01. The van der Waals surface area contributed by atoms with Crippen molar-refractivity contribution >= 4 is 11.6 Å². The highest BCUT2D eigenvalue weighted by molar-refractivity contribution is 5.74. The van der Waals surface area contributed by atoms with Crippen LogP contribution in [0.15, 0.2) is 30.8 Å². The number of nitrogens with zero attached hydrogens (tertiary/aromatic N) is 2. The molecule has 2 amide bonds. The van der Waals surface area contributed by atoms with E-state index in [1.54, 1.807) is 6.07 Å². The van der Waals surface area contributed by atoms with Crippen molar-refractivity contribution < 1.29 is 18.0 Å². The molecule has 2 rings (SSSR count). The van der Waals surface area contributed by atoms with Gasteiger partial charge in [-0.05, 0) is 49.6 Å². The van der Waals surface area contributed by atoms with Gasteiger partial charge in [-0.3, -0.25) is 4.90 Å². The molecule has 26 heavy (non-hydrogen) atoms. The van der Waals surface area contributed by atoms with E-state index in [4.69, 9.17) is 0 Å². The van der Waals surface area contributed by atoms with Gasteiger partial charge in [0.05, 0.1) is 5.56 Å². The number of alkyl halides is 3. The number of nitrogens with one attached hydrogen (secondary N) is 1. The number of carbonyl (C=O) groups excluding carboxylic acids is 1. The second kappa shape index (κ2) is 9.07. The molecule has 1 aromatic rings. The van der Waals surface area contributed by atoms with Gasteiger partial charge in [-0.25, -0.2) is 4.79 Å². The summed E-state index contributed by atoms with van der Waals surface area (Å²) in [6, 6.07) is 5.30. The van der Waals surface area contributed by atoms with Gasteiger partial charge in [0.2, 0.25) is 0 Å². The van der Waals surface area contributed by atoms with E-state index in [-0.39, 0.29) is 6.03 Å². The maximum absolute atomic E-state index is 12.8. The molecule has 0 aromatic heterocycles. The van der Waals surface area contributed by atoms with Gasteiger partial charge in [-0.2, -0.15) is 13.2 Å². The fourth-order valence-electron chi connectivity index (χ4n) is 3.01. The van der Waals surface area contributed by atoms with Crippen LogP contribution >= 0.6 is 0 Å². The molecule has 1 aliphatic heterocycles. The average molecular weight is 369 g/mol. The molecule has 7 heteroatoms. The summed E-state index contributed by atoms with van der Waals surface area (Å²) in [5.74, 6) is 0. The summed E-state index contributed by atoms with van der Waals surface area (Å²) in [5, 5.41) is 2.80. The molecule has 0 radical (unpaired) electrons. The van der Waals surface area contributed by atoms with Crippen LogP contribution in [-0.4, -0.2) is 55.1 Å². The number of benzene rings is 1. The van der Waals surface area contributed by atoms with Gasteiger partial charge in [0.25, 0.3) is 0 Å². The van der Waals surface area contributed by atoms with Gasteiger partial charge in [0.1, 0.15) is 0 Å². The number of hydrogen-bond acceptors (Lipinski definition) is 2. The standard InChI is InChI=1S/C19H26F3N3O/c1-3-23-18(26)25-12-10-24(11-13-25)9-5-6-15(2)16-7-4-8-17(14-16)19(20,21)22/h4,7-8,14H,2-3,5-6,9-13H2,1H3,(H,23,26). The Labute approximate surface area is 152 Å². The monoisotopic (exact) mass is 369 g/mol. The molecule has 144 valence electrons. The zero-order chi connectivity index (χ0) is 19.2. The Morgan fingerprint density at radius 3 is 2.54 bits per heavy atom. The number of urea groups is 1. The van der Waals surface area contributed by atoms with Crippen molar-refractivity contribution in [3.63, 3.8) is 0 Å². The number of allylic oxidation sites excluding steroid dienone is 1. The summed E-state index contributed by atoms with van der Waals surface area (Å²) in [6.45, 7) is 10.3. The molecule has 0 unspecified atom stereocenters. The van der Waals surface area contributed by atoms with Crippen LogP contribution in [0.4, 0.5) is 18.0 Å². The largest absolute Gasteiger partial charge is 0.416 e. The van der Waals surface area contributed by atoms with Gasteiger partial charge < -0.3 is 10.2 Å². The summed E-state index contributed by atoms with van der Waals surface area (Å²) in [4.78, 5) is 15.8. The molecule has 1 aliphatic rings. The van der Waals surface area contributed by atoms with Gasteiger partial charge in [0.15, 0.2) is 0 Å². The van der Waals surface area contributed by atoms with Crippen LogP contribution in [0.5, 0.6) is 0 Å². The van der Waals surface area contributed by atoms with Crippen LogP contribution < -0.4 is 5.32 Å². The lowest BCUT2D eigenvalue weighted by Crippen LogP contribution is -2.51. The van der Waals surface area contributed by atoms with Crippen molar-refractivity contribution in [1.29, 1.82) is 0 Å². The Hall–Kier alpha value is -2.02. The third kappa shape index (κ3) is 5.76. The maximum atomic E-state index is 12.8. The first-order valence-electron chi connectivity index (χ1n) is 8.91. The summed E-state index contributed by atoms with van der Waals surface area (Å²) < 4.78 is 38.4. The van der Waals surface area contributed by atoms with E-state index in [1.807, 2.05) is 11.8 Å². The third-order valence-corrected chi connectivity index (χ3v) is 4.54. The molecule has 0 atom stereocenters. The first-order valence-corrected chi connectivity index (χ1v) is 8.91. The third-order valence-electron chi connectivity index (χ3n) is 4.54. The number of carbonyl (C=O) groups is 1. The highest BCUT2D eigenvalue weighted by Gasteiger charge is 2.30. The van der Waals surface area contributed by atoms with Crippen LogP contribution in [-0.2, 0) is 6.18 Å². The number of rotatable bonds is 6.